The molecule has 0 unspecified atom stereocenters. The zero-order valence-electron chi connectivity index (χ0n) is 11.6. The minimum Gasteiger partial charge on any atom is -0.496 e. The summed E-state index contributed by atoms with van der Waals surface area (Å²) in [5.74, 6) is 0.365. The third-order valence-electron chi connectivity index (χ3n) is 3.67. The van der Waals surface area contributed by atoms with Crippen LogP contribution in [0.1, 0.15) is 38.7 Å². The smallest absolute Gasteiger partial charge is 0.255 e. The van der Waals surface area contributed by atoms with E-state index in [1.807, 2.05) is 30.3 Å². The van der Waals surface area contributed by atoms with Gasteiger partial charge in [0, 0.05) is 12.0 Å². The molecule has 1 amide bonds. The lowest BCUT2D eigenvalue weighted by Gasteiger charge is -2.11. The van der Waals surface area contributed by atoms with Gasteiger partial charge in [0.05, 0.1) is 18.7 Å². The maximum absolute atomic E-state index is 12.3. The summed E-state index contributed by atoms with van der Waals surface area (Å²) in [5.41, 5.74) is 2.01. The van der Waals surface area contributed by atoms with Crippen molar-refractivity contribution in [1.29, 1.82) is 0 Å². The Morgan fingerprint density at radius 2 is 1.90 bits per heavy atom. The Labute approximate surface area is 122 Å². The van der Waals surface area contributed by atoms with Crippen molar-refractivity contribution in [2.24, 2.45) is 0 Å². The van der Waals surface area contributed by atoms with E-state index in [1.165, 1.54) is 7.11 Å². The van der Waals surface area contributed by atoms with E-state index in [0.29, 0.717) is 16.9 Å². The van der Waals surface area contributed by atoms with Crippen LogP contribution in [0.25, 0.3) is 0 Å². The molecule has 1 aliphatic rings. The molecule has 2 aromatic rings. The van der Waals surface area contributed by atoms with Gasteiger partial charge in [-0.25, -0.2) is 0 Å². The summed E-state index contributed by atoms with van der Waals surface area (Å²) in [6.07, 6.45) is 0.246. The van der Waals surface area contributed by atoms with Crippen LogP contribution in [0.15, 0.2) is 48.5 Å². The van der Waals surface area contributed by atoms with Crippen LogP contribution in [0.4, 0.5) is 0 Å². The summed E-state index contributed by atoms with van der Waals surface area (Å²) in [5, 5.41) is 2.85. The summed E-state index contributed by atoms with van der Waals surface area (Å²) in [6, 6.07) is 14.2. The van der Waals surface area contributed by atoms with Crippen molar-refractivity contribution < 1.29 is 14.3 Å². The SMILES string of the molecule is COc1cccc2c1C(=O)N[C@H]2CC(=O)c1ccccc1. The first-order valence-electron chi connectivity index (χ1n) is 6.76. The average Bonchev–Trinajstić information content (AvgIpc) is 2.84. The highest BCUT2D eigenvalue weighted by molar-refractivity contribution is 6.03. The Morgan fingerprint density at radius 3 is 2.62 bits per heavy atom. The maximum atomic E-state index is 12.3. The van der Waals surface area contributed by atoms with E-state index in [0.717, 1.165) is 5.56 Å². The van der Waals surface area contributed by atoms with Gasteiger partial charge in [-0.2, -0.15) is 0 Å². The number of amides is 1. The first-order valence-corrected chi connectivity index (χ1v) is 6.76. The zero-order valence-corrected chi connectivity index (χ0v) is 11.6. The predicted octanol–water partition coefficient (Wildman–Crippen LogP) is 2.75. The highest BCUT2D eigenvalue weighted by atomic mass is 16.5. The van der Waals surface area contributed by atoms with Gasteiger partial charge < -0.3 is 10.1 Å². The van der Waals surface area contributed by atoms with E-state index in [1.54, 1.807) is 18.2 Å². The molecule has 0 aromatic heterocycles. The number of rotatable bonds is 4. The minimum atomic E-state index is -0.296. The van der Waals surface area contributed by atoms with Gasteiger partial charge in [0.2, 0.25) is 0 Å². The number of hydrogen-bond donors (Lipinski definition) is 1. The van der Waals surface area contributed by atoms with E-state index in [4.69, 9.17) is 4.74 Å². The molecule has 0 saturated heterocycles. The third kappa shape index (κ3) is 2.40. The molecule has 3 rings (SSSR count). The number of fused-ring (bicyclic) bond motifs is 1. The molecule has 1 N–H and O–H groups in total. The number of nitrogens with one attached hydrogen (secondary N) is 1. The number of benzene rings is 2. The summed E-state index contributed by atoms with van der Waals surface area (Å²) in [7, 11) is 1.53. The van der Waals surface area contributed by atoms with Crippen LogP contribution in [0.3, 0.4) is 0 Å². The topological polar surface area (TPSA) is 55.4 Å². The predicted molar refractivity (Wildman–Crippen MR) is 78.6 cm³/mol. The lowest BCUT2D eigenvalue weighted by Crippen LogP contribution is -2.21. The first kappa shape index (κ1) is 13.4. The molecule has 21 heavy (non-hydrogen) atoms. The normalized spacial score (nSPS) is 16.2. The maximum Gasteiger partial charge on any atom is 0.255 e. The van der Waals surface area contributed by atoms with Gasteiger partial charge in [0.1, 0.15) is 5.75 Å². The number of carbonyl (C=O) groups excluding carboxylic acids is 2. The van der Waals surface area contributed by atoms with Gasteiger partial charge in [0.15, 0.2) is 5.78 Å². The summed E-state index contributed by atoms with van der Waals surface area (Å²) < 4.78 is 5.22. The number of methoxy groups -OCH3 is 1. The quantitative estimate of drug-likeness (QED) is 0.877. The fourth-order valence-corrected chi connectivity index (χ4v) is 2.65. The average molecular weight is 281 g/mol. The fraction of sp³-hybridized carbons (Fsp3) is 0.176. The van der Waals surface area contributed by atoms with E-state index in [-0.39, 0.29) is 24.2 Å². The second-order valence-corrected chi connectivity index (χ2v) is 4.94. The third-order valence-corrected chi connectivity index (χ3v) is 3.67. The van der Waals surface area contributed by atoms with Crippen molar-refractivity contribution in [2.45, 2.75) is 12.5 Å². The molecular formula is C17H15NO3. The Balaban J connectivity index is 1.87. The summed E-state index contributed by atoms with van der Waals surface area (Å²) >= 11 is 0. The number of Topliss-reactive ketones (excluding diaryl/α,β-unsaturated/α-hetero) is 1. The molecule has 1 heterocycles. The number of hydrogen-bond acceptors (Lipinski definition) is 3. The Hall–Kier alpha value is -2.62. The van der Waals surface area contributed by atoms with Crippen molar-refractivity contribution in [3.63, 3.8) is 0 Å². The molecule has 1 atom stereocenters. The standard InChI is InChI=1S/C17H15NO3/c1-21-15-9-5-8-12-13(18-17(20)16(12)15)10-14(19)11-6-3-2-4-7-11/h2-9,13H,10H2,1H3,(H,18,20)/t13-/m0/s1. The second-order valence-electron chi connectivity index (χ2n) is 4.94. The van der Waals surface area contributed by atoms with Crippen LogP contribution in [-0.2, 0) is 0 Å². The van der Waals surface area contributed by atoms with E-state index < -0.39 is 0 Å². The lowest BCUT2D eigenvalue weighted by atomic mass is 9.97. The van der Waals surface area contributed by atoms with E-state index >= 15 is 0 Å². The molecule has 1 aliphatic heterocycles. The molecular weight excluding hydrogens is 266 g/mol. The van der Waals surface area contributed by atoms with Crippen molar-refractivity contribution in [3.8, 4) is 5.75 Å². The Kier molecular flexibility index (Phi) is 3.44. The molecule has 0 bridgehead atoms. The number of carbonyl (C=O) groups is 2. The van der Waals surface area contributed by atoms with Crippen molar-refractivity contribution in [3.05, 3.63) is 65.2 Å². The molecule has 4 nitrogen and oxygen atoms in total. The molecule has 2 aromatic carbocycles. The highest BCUT2D eigenvalue weighted by Gasteiger charge is 2.32. The second kappa shape index (κ2) is 5.40. The molecule has 4 heteroatoms. The monoisotopic (exact) mass is 281 g/mol. The molecule has 0 radical (unpaired) electrons. The molecule has 0 aliphatic carbocycles. The van der Waals surface area contributed by atoms with Gasteiger partial charge in [-0.05, 0) is 11.6 Å². The summed E-state index contributed by atoms with van der Waals surface area (Å²) in [4.78, 5) is 24.4. The van der Waals surface area contributed by atoms with Gasteiger partial charge in [-0.3, -0.25) is 9.59 Å². The highest BCUT2D eigenvalue weighted by Crippen LogP contribution is 2.34. The lowest BCUT2D eigenvalue weighted by molar-refractivity contribution is 0.0932. The van der Waals surface area contributed by atoms with Gasteiger partial charge >= 0.3 is 0 Å². The number of ether oxygens (including phenoxy) is 1. The van der Waals surface area contributed by atoms with Crippen LogP contribution < -0.4 is 10.1 Å². The first-order chi connectivity index (χ1) is 10.2. The van der Waals surface area contributed by atoms with Crippen LogP contribution in [-0.4, -0.2) is 18.8 Å². The molecule has 0 spiro atoms. The van der Waals surface area contributed by atoms with Crippen molar-refractivity contribution in [1.82, 2.24) is 5.32 Å². The van der Waals surface area contributed by atoms with Crippen molar-refractivity contribution in [2.75, 3.05) is 7.11 Å². The fourth-order valence-electron chi connectivity index (χ4n) is 2.65. The van der Waals surface area contributed by atoms with Crippen LogP contribution in [0.5, 0.6) is 5.75 Å². The van der Waals surface area contributed by atoms with E-state index in [2.05, 4.69) is 5.32 Å². The molecule has 0 saturated carbocycles. The van der Waals surface area contributed by atoms with Crippen molar-refractivity contribution >= 4 is 11.7 Å². The van der Waals surface area contributed by atoms with Crippen LogP contribution in [0.2, 0.25) is 0 Å². The zero-order chi connectivity index (χ0) is 14.8. The summed E-state index contributed by atoms with van der Waals surface area (Å²) in [6.45, 7) is 0. The van der Waals surface area contributed by atoms with Gasteiger partial charge in [-0.1, -0.05) is 42.5 Å². The minimum absolute atomic E-state index is 0.0107. The largest absolute Gasteiger partial charge is 0.496 e. The molecule has 106 valence electrons. The Bertz CT molecular complexity index is 694. The number of ketones is 1. The van der Waals surface area contributed by atoms with Crippen LogP contribution >= 0.6 is 0 Å². The van der Waals surface area contributed by atoms with Crippen LogP contribution in [0, 0.1) is 0 Å². The molecule has 0 fully saturated rings. The van der Waals surface area contributed by atoms with E-state index in [9.17, 15) is 9.59 Å². The van der Waals surface area contributed by atoms with Gasteiger partial charge in [0.25, 0.3) is 5.91 Å². The Morgan fingerprint density at radius 1 is 1.14 bits per heavy atom. The van der Waals surface area contributed by atoms with Gasteiger partial charge in [-0.15, -0.1) is 0 Å².